The number of benzene rings is 2. The molecule has 0 aliphatic heterocycles. The second-order valence-corrected chi connectivity index (χ2v) is 7.17. The van der Waals surface area contributed by atoms with Gasteiger partial charge in [0.15, 0.2) is 18.1 Å². The Labute approximate surface area is 179 Å². The zero-order valence-corrected chi connectivity index (χ0v) is 18.3. The van der Waals surface area contributed by atoms with Crippen molar-refractivity contribution in [3.05, 3.63) is 59.7 Å². The van der Waals surface area contributed by atoms with E-state index in [4.69, 9.17) is 9.47 Å². The van der Waals surface area contributed by atoms with Crippen molar-refractivity contribution in [3.63, 3.8) is 0 Å². The lowest BCUT2D eigenvalue weighted by atomic mass is 10.1. The fourth-order valence-electron chi connectivity index (χ4n) is 3.25. The summed E-state index contributed by atoms with van der Waals surface area (Å²) in [5, 5.41) is 2.91. The van der Waals surface area contributed by atoms with Gasteiger partial charge in [0.05, 0.1) is 7.11 Å². The molecule has 0 radical (unpaired) electrons. The molecule has 0 fully saturated rings. The van der Waals surface area contributed by atoms with Gasteiger partial charge in [0.2, 0.25) is 5.91 Å². The first-order chi connectivity index (χ1) is 14.5. The van der Waals surface area contributed by atoms with E-state index in [9.17, 15) is 9.59 Å². The van der Waals surface area contributed by atoms with E-state index in [0.717, 1.165) is 17.5 Å². The highest BCUT2D eigenvalue weighted by Gasteiger charge is 2.29. The van der Waals surface area contributed by atoms with Crippen LogP contribution in [0.15, 0.2) is 48.5 Å². The maximum Gasteiger partial charge on any atom is 0.261 e. The molecule has 6 nitrogen and oxygen atoms in total. The minimum atomic E-state index is -0.564. The third-order valence-corrected chi connectivity index (χ3v) is 4.79. The number of nitrogens with zero attached hydrogens (tertiary/aromatic N) is 1. The maximum atomic E-state index is 13.2. The van der Waals surface area contributed by atoms with Crippen molar-refractivity contribution in [3.8, 4) is 11.5 Å². The van der Waals surface area contributed by atoms with Crippen molar-refractivity contribution in [1.82, 2.24) is 10.2 Å². The second-order valence-electron chi connectivity index (χ2n) is 7.17. The molecule has 0 saturated carbocycles. The van der Waals surface area contributed by atoms with E-state index in [-0.39, 0.29) is 18.4 Å². The predicted octanol–water partition coefficient (Wildman–Crippen LogP) is 3.72. The number of nitrogens with one attached hydrogen (secondary N) is 1. The summed E-state index contributed by atoms with van der Waals surface area (Å²) in [4.78, 5) is 27.5. The molecule has 2 rings (SSSR count). The normalized spacial score (nSPS) is 11.5. The van der Waals surface area contributed by atoms with Gasteiger partial charge in [0, 0.05) is 13.1 Å². The highest BCUT2D eigenvalue weighted by atomic mass is 16.5. The van der Waals surface area contributed by atoms with Crippen LogP contribution in [0.1, 0.15) is 37.8 Å². The lowest BCUT2D eigenvalue weighted by Crippen LogP contribution is -2.50. The van der Waals surface area contributed by atoms with Crippen LogP contribution >= 0.6 is 0 Å². The molecule has 0 aliphatic carbocycles. The summed E-state index contributed by atoms with van der Waals surface area (Å²) in [7, 11) is 1.55. The molecule has 0 unspecified atom stereocenters. The monoisotopic (exact) mass is 412 g/mol. The van der Waals surface area contributed by atoms with Crippen LogP contribution in [-0.2, 0) is 16.1 Å². The number of hydrogen-bond acceptors (Lipinski definition) is 4. The van der Waals surface area contributed by atoms with E-state index in [1.807, 2.05) is 57.2 Å². The lowest BCUT2D eigenvalue weighted by molar-refractivity contribution is -0.143. The van der Waals surface area contributed by atoms with Crippen LogP contribution in [0, 0.1) is 6.92 Å². The van der Waals surface area contributed by atoms with Gasteiger partial charge in [-0.3, -0.25) is 9.59 Å². The van der Waals surface area contributed by atoms with Gasteiger partial charge in [-0.05, 0) is 37.5 Å². The number of carbonyl (C=O) groups is 2. The third-order valence-electron chi connectivity index (χ3n) is 4.79. The Bertz CT molecular complexity index is 837. The van der Waals surface area contributed by atoms with Crippen molar-refractivity contribution in [2.45, 2.75) is 46.2 Å². The molecule has 0 saturated heterocycles. The molecule has 30 heavy (non-hydrogen) atoms. The summed E-state index contributed by atoms with van der Waals surface area (Å²) in [5.74, 6) is 0.661. The van der Waals surface area contributed by atoms with Crippen LogP contribution in [-0.4, -0.2) is 43.0 Å². The summed E-state index contributed by atoms with van der Waals surface area (Å²) in [6.45, 7) is 6.66. The Morgan fingerprint density at radius 1 is 1.07 bits per heavy atom. The van der Waals surface area contributed by atoms with Crippen LogP contribution in [0.5, 0.6) is 11.5 Å². The number of hydrogen-bond donors (Lipinski definition) is 1. The molecule has 6 heteroatoms. The zero-order valence-electron chi connectivity index (χ0n) is 18.3. The molecule has 0 heterocycles. The first kappa shape index (κ1) is 23.3. The Morgan fingerprint density at radius 2 is 1.80 bits per heavy atom. The number of ether oxygens (including phenoxy) is 2. The molecule has 2 aromatic carbocycles. The Morgan fingerprint density at radius 3 is 2.43 bits per heavy atom. The van der Waals surface area contributed by atoms with Crippen molar-refractivity contribution in [1.29, 1.82) is 0 Å². The van der Waals surface area contributed by atoms with Gasteiger partial charge >= 0.3 is 0 Å². The fraction of sp³-hybridized carbons (Fsp3) is 0.417. The molecule has 1 atom stereocenters. The second kappa shape index (κ2) is 11.9. The molecule has 0 bridgehead atoms. The minimum Gasteiger partial charge on any atom is -0.493 e. The fourth-order valence-corrected chi connectivity index (χ4v) is 3.25. The molecule has 2 amide bonds. The average molecular weight is 413 g/mol. The van der Waals surface area contributed by atoms with Gasteiger partial charge < -0.3 is 19.7 Å². The summed E-state index contributed by atoms with van der Waals surface area (Å²) >= 11 is 0. The first-order valence-electron chi connectivity index (χ1n) is 10.4. The number of rotatable bonds is 11. The molecule has 0 spiro atoms. The standard InChI is InChI=1S/C24H32N2O4/c1-5-14-25-24(28)20(6-2)26(16-19-11-9-10-18(3)15-19)23(27)17-30-22-13-8-7-12-21(22)29-4/h7-13,15,20H,5-6,14,16-17H2,1-4H3,(H,25,28)/t20-/m1/s1. The van der Waals surface area contributed by atoms with Crippen LogP contribution in [0.2, 0.25) is 0 Å². The minimum absolute atomic E-state index is 0.141. The average Bonchev–Trinajstić information content (AvgIpc) is 2.76. The van der Waals surface area contributed by atoms with Gasteiger partial charge in [-0.1, -0.05) is 55.8 Å². The van der Waals surface area contributed by atoms with Gasteiger partial charge in [-0.15, -0.1) is 0 Å². The number of aryl methyl sites for hydroxylation is 1. The Kier molecular flexibility index (Phi) is 9.19. The van der Waals surface area contributed by atoms with Crippen LogP contribution in [0.3, 0.4) is 0 Å². The molecular formula is C24H32N2O4. The molecular weight excluding hydrogens is 380 g/mol. The van der Waals surface area contributed by atoms with Crippen molar-refractivity contribution < 1.29 is 19.1 Å². The maximum absolute atomic E-state index is 13.2. The third kappa shape index (κ3) is 6.51. The smallest absolute Gasteiger partial charge is 0.261 e. The van der Waals surface area contributed by atoms with E-state index < -0.39 is 6.04 Å². The summed E-state index contributed by atoms with van der Waals surface area (Å²) in [5.41, 5.74) is 2.08. The van der Waals surface area contributed by atoms with E-state index in [2.05, 4.69) is 5.32 Å². The SMILES string of the molecule is CCCNC(=O)[C@@H](CC)N(Cc1cccc(C)c1)C(=O)COc1ccccc1OC. The van der Waals surface area contributed by atoms with E-state index >= 15 is 0 Å². The van der Waals surface area contributed by atoms with E-state index in [1.165, 1.54) is 0 Å². The molecule has 162 valence electrons. The Balaban J connectivity index is 2.21. The van der Waals surface area contributed by atoms with Crippen molar-refractivity contribution in [2.75, 3.05) is 20.3 Å². The number of amides is 2. The summed E-state index contributed by atoms with van der Waals surface area (Å²) in [6, 6.07) is 14.6. The zero-order chi connectivity index (χ0) is 21.9. The molecule has 0 aromatic heterocycles. The summed E-state index contributed by atoms with van der Waals surface area (Å²) < 4.78 is 11.0. The van der Waals surface area contributed by atoms with Crippen LogP contribution in [0.4, 0.5) is 0 Å². The topological polar surface area (TPSA) is 67.9 Å². The number of para-hydroxylation sites is 2. The van der Waals surface area contributed by atoms with E-state index in [0.29, 0.717) is 31.0 Å². The van der Waals surface area contributed by atoms with Crippen molar-refractivity contribution >= 4 is 11.8 Å². The largest absolute Gasteiger partial charge is 0.493 e. The molecule has 1 N–H and O–H groups in total. The highest BCUT2D eigenvalue weighted by molar-refractivity contribution is 5.88. The van der Waals surface area contributed by atoms with Gasteiger partial charge in [-0.2, -0.15) is 0 Å². The molecule has 2 aromatic rings. The van der Waals surface area contributed by atoms with E-state index in [1.54, 1.807) is 24.1 Å². The quantitative estimate of drug-likeness (QED) is 0.611. The predicted molar refractivity (Wildman–Crippen MR) is 118 cm³/mol. The van der Waals surface area contributed by atoms with Crippen LogP contribution in [0.25, 0.3) is 0 Å². The lowest BCUT2D eigenvalue weighted by Gasteiger charge is -2.30. The summed E-state index contributed by atoms with van der Waals surface area (Å²) in [6.07, 6.45) is 1.35. The van der Waals surface area contributed by atoms with Gasteiger partial charge in [0.25, 0.3) is 5.91 Å². The number of carbonyl (C=O) groups excluding carboxylic acids is 2. The Hall–Kier alpha value is -3.02. The van der Waals surface area contributed by atoms with Crippen molar-refractivity contribution in [2.24, 2.45) is 0 Å². The highest BCUT2D eigenvalue weighted by Crippen LogP contribution is 2.26. The number of methoxy groups -OCH3 is 1. The van der Waals surface area contributed by atoms with Gasteiger partial charge in [-0.25, -0.2) is 0 Å². The first-order valence-corrected chi connectivity index (χ1v) is 10.4. The van der Waals surface area contributed by atoms with Gasteiger partial charge in [0.1, 0.15) is 6.04 Å². The molecule has 0 aliphatic rings. The van der Waals surface area contributed by atoms with Crippen LogP contribution < -0.4 is 14.8 Å².